The van der Waals surface area contributed by atoms with E-state index < -0.39 is 0 Å². The van der Waals surface area contributed by atoms with Crippen LogP contribution in [0.5, 0.6) is 0 Å². The Morgan fingerprint density at radius 2 is 2.11 bits per heavy atom. The molecule has 2 atom stereocenters. The average Bonchev–Trinajstić information content (AvgIpc) is 3.42. The van der Waals surface area contributed by atoms with E-state index in [-0.39, 0.29) is 30.0 Å². The van der Waals surface area contributed by atoms with E-state index >= 15 is 0 Å². The highest BCUT2D eigenvalue weighted by Crippen LogP contribution is 2.24. The Balaban J connectivity index is 0.00000280. The Labute approximate surface area is 185 Å². The molecule has 0 aromatic carbocycles. The Kier molecular flexibility index (Phi) is 9.83. The van der Waals surface area contributed by atoms with Crippen molar-refractivity contribution in [1.29, 1.82) is 0 Å². The highest BCUT2D eigenvalue weighted by molar-refractivity contribution is 14.0. The molecular formula is C20H33IN6O. The van der Waals surface area contributed by atoms with Crippen LogP contribution < -0.4 is 10.6 Å². The summed E-state index contributed by atoms with van der Waals surface area (Å²) in [6.45, 7) is 9.80. The van der Waals surface area contributed by atoms with Crippen molar-refractivity contribution < 1.29 is 4.42 Å². The lowest BCUT2D eigenvalue weighted by atomic mass is 10.2. The van der Waals surface area contributed by atoms with Gasteiger partial charge in [-0.1, -0.05) is 6.92 Å². The Morgan fingerprint density at radius 1 is 1.29 bits per heavy atom. The molecule has 0 saturated carbocycles. The molecule has 3 heterocycles. The van der Waals surface area contributed by atoms with Gasteiger partial charge in [-0.3, -0.25) is 14.6 Å². The SMILES string of the molecule is CCNC(=NCC(C)Cn1cccn1)NCC(c1ccco1)N1CCCC1.I. The molecular weight excluding hydrogens is 467 g/mol. The topological polar surface area (TPSA) is 70.6 Å². The van der Waals surface area contributed by atoms with E-state index in [1.54, 1.807) is 6.26 Å². The second kappa shape index (κ2) is 12.1. The molecule has 0 aliphatic carbocycles. The highest BCUT2D eigenvalue weighted by Gasteiger charge is 2.25. The van der Waals surface area contributed by atoms with Crippen LogP contribution >= 0.6 is 24.0 Å². The molecule has 0 amide bonds. The zero-order valence-corrected chi connectivity index (χ0v) is 19.2. The van der Waals surface area contributed by atoms with Crippen molar-refractivity contribution in [2.45, 2.75) is 39.3 Å². The molecule has 2 aromatic heterocycles. The summed E-state index contributed by atoms with van der Waals surface area (Å²) in [6.07, 6.45) is 8.09. The van der Waals surface area contributed by atoms with Crippen LogP contribution in [0.15, 0.2) is 46.3 Å². The highest BCUT2D eigenvalue weighted by atomic mass is 127. The molecule has 2 aromatic rings. The van der Waals surface area contributed by atoms with Gasteiger partial charge in [-0.2, -0.15) is 5.10 Å². The number of aliphatic imine (C=N–C) groups is 1. The third kappa shape index (κ3) is 6.80. The predicted octanol–water partition coefficient (Wildman–Crippen LogP) is 3.12. The summed E-state index contributed by atoms with van der Waals surface area (Å²) in [5.74, 6) is 2.30. The van der Waals surface area contributed by atoms with Crippen molar-refractivity contribution in [1.82, 2.24) is 25.3 Å². The number of nitrogens with zero attached hydrogens (tertiary/aromatic N) is 4. The van der Waals surface area contributed by atoms with Gasteiger partial charge in [-0.05, 0) is 57.0 Å². The van der Waals surface area contributed by atoms with Crippen molar-refractivity contribution in [3.63, 3.8) is 0 Å². The number of likely N-dealkylation sites (tertiary alicyclic amines) is 1. The Morgan fingerprint density at radius 3 is 2.75 bits per heavy atom. The van der Waals surface area contributed by atoms with Gasteiger partial charge in [0.2, 0.25) is 0 Å². The predicted molar refractivity (Wildman–Crippen MR) is 123 cm³/mol. The van der Waals surface area contributed by atoms with E-state index in [9.17, 15) is 0 Å². The number of furan rings is 1. The second-order valence-corrected chi connectivity index (χ2v) is 7.21. The molecule has 3 rings (SSSR count). The summed E-state index contributed by atoms with van der Waals surface area (Å²) in [4.78, 5) is 7.27. The summed E-state index contributed by atoms with van der Waals surface area (Å²) >= 11 is 0. The third-order valence-electron chi connectivity index (χ3n) is 4.88. The maximum absolute atomic E-state index is 5.71. The van der Waals surface area contributed by atoms with Crippen LogP contribution in [0, 0.1) is 5.92 Å². The van der Waals surface area contributed by atoms with Crippen LogP contribution in [0.2, 0.25) is 0 Å². The van der Waals surface area contributed by atoms with Crippen LogP contribution in [0.4, 0.5) is 0 Å². The van der Waals surface area contributed by atoms with Crippen LogP contribution in [0.25, 0.3) is 0 Å². The molecule has 156 valence electrons. The van der Waals surface area contributed by atoms with Crippen LogP contribution in [-0.4, -0.2) is 53.4 Å². The monoisotopic (exact) mass is 500 g/mol. The quantitative estimate of drug-likeness (QED) is 0.315. The molecule has 8 heteroatoms. The number of hydrogen-bond acceptors (Lipinski definition) is 4. The van der Waals surface area contributed by atoms with Crippen molar-refractivity contribution in [2.24, 2.45) is 10.9 Å². The van der Waals surface area contributed by atoms with Gasteiger partial charge in [0.05, 0.1) is 12.3 Å². The summed E-state index contributed by atoms with van der Waals surface area (Å²) in [5, 5.41) is 11.1. The lowest BCUT2D eigenvalue weighted by molar-refractivity contribution is 0.215. The van der Waals surface area contributed by atoms with Gasteiger partial charge in [0.1, 0.15) is 5.76 Å². The lowest BCUT2D eigenvalue weighted by Crippen LogP contribution is -2.42. The van der Waals surface area contributed by atoms with Gasteiger partial charge in [0, 0.05) is 38.6 Å². The van der Waals surface area contributed by atoms with Crippen LogP contribution in [-0.2, 0) is 6.54 Å². The summed E-state index contributed by atoms with van der Waals surface area (Å²) < 4.78 is 7.66. The molecule has 2 unspecified atom stereocenters. The minimum Gasteiger partial charge on any atom is -0.468 e. The second-order valence-electron chi connectivity index (χ2n) is 7.21. The molecule has 0 radical (unpaired) electrons. The van der Waals surface area contributed by atoms with E-state index in [1.165, 1.54) is 12.8 Å². The van der Waals surface area contributed by atoms with E-state index in [0.29, 0.717) is 5.92 Å². The minimum absolute atomic E-state index is 0. The van der Waals surface area contributed by atoms with Crippen LogP contribution in [0.1, 0.15) is 38.5 Å². The first kappa shape index (κ1) is 22.7. The van der Waals surface area contributed by atoms with Crippen molar-refractivity contribution in [2.75, 3.05) is 32.7 Å². The van der Waals surface area contributed by atoms with Crippen molar-refractivity contribution in [3.8, 4) is 0 Å². The minimum atomic E-state index is 0. The zero-order chi connectivity index (χ0) is 18.9. The molecule has 7 nitrogen and oxygen atoms in total. The summed E-state index contributed by atoms with van der Waals surface area (Å²) in [7, 11) is 0. The average molecular weight is 500 g/mol. The standard InChI is InChI=1S/C20H32N6O.HI/c1-3-21-20(22-14-17(2)16-26-12-7-9-24-26)23-15-18(19-8-6-13-27-19)25-10-4-5-11-25;/h6-9,12-13,17-18H,3-5,10-11,14-16H2,1-2H3,(H2,21,22,23);1H. The fourth-order valence-corrected chi connectivity index (χ4v) is 3.51. The third-order valence-corrected chi connectivity index (χ3v) is 4.88. The molecule has 1 aliphatic heterocycles. The van der Waals surface area contributed by atoms with E-state index in [1.807, 2.05) is 29.2 Å². The van der Waals surface area contributed by atoms with Crippen LogP contribution in [0.3, 0.4) is 0 Å². The van der Waals surface area contributed by atoms with Gasteiger partial charge in [-0.15, -0.1) is 24.0 Å². The van der Waals surface area contributed by atoms with E-state index in [4.69, 9.17) is 9.41 Å². The molecule has 1 fully saturated rings. The molecule has 0 spiro atoms. The van der Waals surface area contributed by atoms with E-state index in [2.05, 4.69) is 40.5 Å². The molecule has 1 saturated heterocycles. The number of hydrogen-bond donors (Lipinski definition) is 2. The van der Waals surface area contributed by atoms with Gasteiger partial charge in [0.15, 0.2) is 5.96 Å². The first-order chi connectivity index (χ1) is 13.3. The smallest absolute Gasteiger partial charge is 0.191 e. The molecule has 2 N–H and O–H groups in total. The largest absolute Gasteiger partial charge is 0.468 e. The fraction of sp³-hybridized carbons (Fsp3) is 0.600. The number of guanidine groups is 1. The number of aromatic nitrogens is 2. The Bertz CT molecular complexity index is 667. The summed E-state index contributed by atoms with van der Waals surface area (Å²) in [6, 6.07) is 6.23. The van der Waals surface area contributed by atoms with Crippen molar-refractivity contribution >= 4 is 29.9 Å². The van der Waals surface area contributed by atoms with Gasteiger partial charge < -0.3 is 15.1 Å². The molecule has 28 heavy (non-hydrogen) atoms. The first-order valence-corrected chi connectivity index (χ1v) is 10.0. The van der Waals surface area contributed by atoms with Gasteiger partial charge >= 0.3 is 0 Å². The number of nitrogens with one attached hydrogen (secondary N) is 2. The number of rotatable bonds is 9. The maximum atomic E-state index is 5.71. The fourth-order valence-electron chi connectivity index (χ4n) is 3.51. The molecule has 0 bridgehead atoms. The number of halogens is 1. The van der Waals surface area contributed by atoms with Gasteiger partial charge in [-0.25, -0.2) is 0 Å². The first-order valence-electron chi connectivity index (χ1n) is 10.0. The Hall–Kier alpha value is -1.55. The van der Waals surface area contributed by atoms with Gasteiger partial charge in [0.25, 0.3) is 0 Å². The molecule has 1 aliphatic rings. The maximum Gasteiger partial charge on any atom is 0.191 e. The lowest BCUT2D eigenvalue weighted by Gasteiger charge is -2.26. The van der Waals surface area contributed by atoms with E-state index in [0.717, 1.165) is 51.0 Å². The summed E-state index contributed by atoms with van der Waals surface area (Å²) in [5.41, 5.74) is 0. The normalized spacial score (nSPS) is 17.1. The van der Waals surface area contributed by atoms with Crippen molar-refractivity contribution in [3.05, 3.63) is 42.6 Å². The zero-order valence-electron chi connectivity index (χ0n) is 16.9.